The maximum absolute atomic E-state index is 12.3. The summed E-state index contributed by atoms with van der Waals surface area (Å²) in [7, 11) is -1.84. The maximum atomic E-state index is 12.3. The molecule has 0 aliphatic heterocycles. The number of nitrogens with zero attached hydrogens (tertiary/aromatic N) is 2. The van der Waals surface area contributed by atoms with Crippen LogP contribution in [0.2, 0.25) is 0 Å². The number of rotatable bonds is 5. The van der Waals surface area contributed by atoms with Crippen molar-refractivity contribution in [3.05, 3.63) is 11.4 Å². The predicted molar refractivity (Wildman–Crippen MR) is 79.9 cm³/mol. The summed E-state index contributed by atoms with van der Waals surface area (Å²) in [6, 6.07) is -0.206. The van der Waals surface area contributed by atoms with Crippen LogP contribution in [0.15, 0.2) is 4.90 Å². The van der Waals surface area contributed by atoms with Crippen molar-refractivity contribution in [2.75, 3.05) is 6.54 Å². The second-order valence-corrected chi connectivity index (χ2v) is 8.20. The van der Waals surface area contributed by atoms with Gasteiger partial charge in [-0.15, -0.1) is 0 Å². The second kappa shape index (κ2) is 5.83. The summed E-state index contributed by atoms with van der Waals surface area (Å²) in [5, 5.41) is 4.13. The van der Waals surface area contributed by atoms with Crippen molar-refractivity contribution in [3.8, 4) is 0 Å². The predicted octanol–water partition coefficient (Wildman–Crippen LogP) is 1.08. The number of aryl methyl sites for hydroxylation is 2. The monoisotopic (exact) mass is 302 g/mol. The van der Waals surface area contributed by atoms with Crippen LogP contribution in [0.3, 0.4) is 0 Å². The third-order valence-electron chi connectivity index (χ3n) is 3.12. The van der Waals surface area contributed by atoms with Crippen molar-refractivity contribution in [3.63, 3.8) is 0 Å². The smallest absolute Gasteiger partial charge is 0.244 e. The van der Waals surface area contributed by atoms with Crippen molar-refractivity contribution in [1.82, 2.24) is 14.5 Å². The molecule has 0 spiro atoms. The molecule has 20 heavy (non-hydrogen) atoms. The Bertz CT molecular complexity index is 570. The fourth-order valence-corrected chi connectivity index (χ4v) is 3.82. The van der Waals surface area contributed by atoms with E-state index in [1.165, 1.54) is 0 Å². The number of aromatic nitrogens is 2. The Morgan fingerprint density at radius 2 is 1.90 bits per heavy atom. The van der Waals surface area contributed by atoms with Gasteiger partial charge in [0.15, 0.2) is 0 Å². The molecule has 1 unspecified atom stereocenters. The van der Waals surface area contributed by atoms with E-state index in [4.69, 9.17) is 5.73 Å². The van der Waals surface area contributed by atoms with Crippen molar-refractivity contribution in [1.29, 1.82) is 0 Å². The van der Waals surface area contributed by atoms with E-state index in [2.05, 4.69) is 30.6 Å². The maximum Gasteiger partial charge on any atom is 0.244 e. The Labute approximate surface area is 121 Å². The minimum atomic E-state index is -3.56. The quantitative estimate of drug-likeness (QED) is 0.851. The average molecular weight is 302 g/mol. The lowest BCUT2D eigenvalue weighted by molar-refractivity contribution is 0.338. The molecular weight excluding hydrogens is 276 g/mol. The molecule has 0 bridgehead atoms. The van der Waals surface area contributed by atoms with Crippen LogP contribution in [0.25, 0.3) is 0 Å². The van der Waals surface area contributed by atoms with Gasteiger partial charge >= 0.3 is 0 Å². The van der Waals surface area contributed by atoms with Crippen LogP contribution in [-0.2, 0) is 17.1 Å². The minimum Gasteiger partial charge on any atom is -0.326 e. The van der Waals surface area contributed by atoms with E-state index in [0.717, 1.165) is 6.42 Å². The highest BCUT2D eigenvalue weighted by molar-refractivity contribution is 7.89. The van der Waals surface area contributed by atoms with Crippen LogP contribution in [0.4, 0.5) is 0 Å². The van der Waals surface area contributed by atoms with E-state index in [1.807, 2.05) is 0 Å². The van der Waals surface area contributed by atoms with Gasteiger partial charge in [-0.1, -0.05) is 20.8 Å². The van der Waals surface area contributed by atoms with Gasteiger partial charge < -0.3 is 5.73 Å². The SMILES string of the molecule is Cc1nn(C)c(C)c1S(=O)(=O)NCC(N)CC(C)(C)C. The van der Waals surface area contributed by atoms with Crippen LogP contribution >= 0.6 is 0 Å². The Morgan fingerprint density at radius 1 is 1.35 bits per heavy atom. The highest BCUT2D eigenvalue weighted by atomic mass is 32.2. The average Bonchev–Trinajstić information content (AvgIpc) is 2.48. The summed E-state index contributed by atoms with van der Waals surface area (Å²) in [6.07, 6.45) is 0.751. The van der Waals surface area contributed by atoms with Gasteiger partial charge in [-0.05, 0) is 25.7 Å². The number of nitrogens with two attached hydrogens (primary N) is 1. The highest BCUT2D eigenvalue weighted by Gasteiger charge is 2.25. The number of nitrogens with one attached hydrogen (secondary N) is 1. The first-order valence-electron chi connectivity index (χ1n) is 6.69. The van der Waals surface area contributed by atoms with Crippen LogP contribution in [0, 0.1) is 19.3 Å². The summed E-state index contributed by atoms with van der Waals surface area (Å²) in [4.78, 5) is 0.253. The molecule has 1 aromatic rings. The Balaban J connectivity index is 2.81. The fourth-order valence-electron chi connectivity index (χ4n) is 2.29. The first-order valence-corrected chi connectivity index (χ1v) is 8.18. The molecule has 0 aromatic carbocycles. The summed E-state index contributed by atoms with van der Waals surface area (Å²) in [6.45, 7) is 9.90. The lowest BCUT2D eigenvalue weighted by atomic mass is 9.88. The molecule has 0 fully saturated rings. The topological polar surface area (TPSA) is 90.0 Å². The van der Waals surface area contributed by atoms with Gasteiger partial charge in [0.1, 0.15) is 4.90 Å². The molecule has 7 heteroatoms. The van der Waals surface area contributed by atoms with Gasteiger partial charge in [0.05, 0.1) is 11.4 Å². The second-order valence-electron chi connectivity index (χ2n) is 6.50. The normalized spacial score (nSPS) is 14.6. The van der Waals surface area contributed by atoms with Gasteiger partial charge in [0.2, 0.25) is 10.0 Å². The number of hydrogen-bond donors (Lipinski definition) is 2. The summed E-state index contributed by atoms with van der Waals surface area (Å²) in [5.74, 6) is 0. The number of hydrogen-bond acceptors (Lipinski definition) is 4. The van der Waals surface area contributed by atoms with E-state index in [-0.39, 0.29) is 22.9 Å². The fraction of sp³-hybridized carbons (Fsp3) is 0.769. The zero-order valence-electron chi connectivity index (χ0n) is 13.2. The third kappa shape index (κ3) is 4.29. The standard InChI is InChI=1S/C13H26N4O2S/c1-9-12(10(2)17(6)16-9)20(18,19)15-8-11(14)7-13(3,4)5/h11,15H,7-8,14H2,1-6H3. The van der Waals surface area contributed by atoms with E-state index in [0.29, 0.717) is 11.4 Å². The van der Waals surface area contributed by atoms with E-state index >= 15 is 0 Å². The molecule has 0 aliphatic rings. The molecule has 1 aromatic heterocycles. The lowest BCUT2D eigenvalue weighted by Gasteiger charge is -2.23. The Hall–Kier alpha value is -0.920. The van der Waals surface area contributed by atoms with Crippen LogP contribution in [0.5, 0.6) is 0 Å². The van der Waals surface area contributed by atoms with E-state index in [9.17, 15) is 8.42 Å². The molecular formula is C13H26N4O2S. The minimum absolute atomic E-state index is 0.0744. The van der Waals surface area contributed by atoms with Gasteiger partial charge in [0, 0.05) is 19.6 Å². The summed E-state index contributed by atoms with van der Waals surface area (Å²) >= 11 is 0. The zero-order valence-corrected chi connectivity index (χ0v) is 14.0. The lowest BCUT2D eigenvalue weighted by Crippen LogP contribution is -2.39. The molecule has 1 heterocycles. The molecule has 6 nitrogen and oxygen atoms in total. The first-order chi connectivity index (χ1) is 8.94. The highest BCUT2D eigenvalue weighted by Crippen LogP contribution is 2.21. The van der Waals surface area contributed by atoms with E-state index in [1.54, 1.807) is 25.6 Å². The van der Waals surface area contributed by atoms with Crippen LogP contribution < -0.4 is 10.5 Å². The first kappa shape index (κ1) is 17.1. The Morgan fingerprint density at radius 3 is 2.30 bits per heavy atom. The van der Waals surface area contributed by atoms with Gasteiger partial charge in [-0.2, -0.15) is 5.10 Å². The molecule has 0 saturated heterocycles. The molecule has 0 aliphatic carbocycles. The van der Waals surface area contributed by atoms with Crippen molar-refractivity contribution in [2.45, 2.75) is 52.0 Å². The molecule has 0 saturated carbocycles. The molecule has 1 rings (SSSR count). The van der Waals surface area contributed by atoms with Crippen molar-refractivity contribution >= 4 is 10.0 Å². The number of sulfonamides is 1. The van der Waals surface area contributed by atoms with Crippen LogP contribution in [-0.4, -0.2) is 30.8 Å². The molecule has 0 amide bonds. The zero-order chi connectivity index (χ0) is 15.7. The molecule has 3 N–H and O–H groups in total. The van der Waals surface area contributed by atoms with Crippen LogP contribution in [0.1, 0.15) is 38.6 Å². The molecule has 116 valence electrons. The Kier molecular flexibility index (Phi) is 4.99. The summed E-state index contributed by atoms with van der Waals surface area (Å²) in [5.41, 5.74) is 7.18. The largest absolute Gasteiger partial charge is 0.326 e. The third-order valence-corrected chi connectivity index (χ3v) is 4.80. The van der Waals surface area contributed by atoms with Gasteiger partial charge in [-0.3, -0.25) is 4.68 Å². The van der Waals surface area contributed by atoms with Gasteiger partial charge in [0.25, 0.3) is 0 Å². The van der Waals surface area contributed by atoms with E-state index < -0.39 is 10.0 Å². The molecule has 0 radical (unpaired) electrons. The van der Waals surface area contributed by atoms with Crippen molar-refractivity contribution < 1.29 is 8.42 Å². The van der Waals surface area contributed by atoms with Gasteiger partial charge in [-0.25, -0.2) is 13.1 Å². The van der Waals surface area contributed by atoms with Crippen molar-refractivity contribution in [2.24, 2.45) is 18.2 Å². The summed E-state index contributed by atoms with van der Waals surface area (Å²) < 4.78 is 28.8. The molecule has 1 atom stereocenters.